The molecule has 152 valence electrons. The Balaban J connectivity index is 2.19. The molecule has 10 heteroatoms. The first kappa shape index (κ1) is 21.4. The second-order valence-corrected chi connectivity index (χ2v) is 6.00. The van der Waals surface area contributed by atoms with Gasteiger partial charge < -0.3 is 20.5 Å². The van der Waals surface area contributed by atoms with Gasteiger partial charge in [-0.25, -0.2) is 0 Å². The fourth-order valence-corrected chi connectivity index (χ4v) is 2.56. The summed E-state index contributed by atoms with van der Waals surface area (Å²) >= 11 is 0. The van der Waals surface area contributed by atoms with Crippen molar-refractivity contribution in [1.82, 2.24) is 5.32 Å². The van der Waals surface area contributed by atoms with Gasteiger partial charge in [-0.05, 0) is 30.3 Å². The molecule has 2 rings (SSSR count). The highest BCUT2D eigenvalue weighted by atomic mass is 16.6. The van der Waals surface area contributed by atoms with Gasteiger partial charge in [0.1, 0.15) is 17.5 Å². The lowest BCUT2D eigenvalue weighted by Crippen LogP contribution is -2.45. The summed E-state index contributed by atoms with van der Waals surface area (Å²) in [4.78, 5) is 45.6. The van der Waals surface area contributed by atoms with Crippen LogP contribution in [0.2, 0.25) is 0 Å². The number of esters is 1. The highest BCUT2D eigenvalue weighted by Crippen LogP contribution is 2.25. The van der Waals surface area contributed by atoms with E-state index in [4.69, 9.17) is 15.2 Å². The molecule has 0 heterocycles. The van der Waals surface area contributed by atoms with Crippen molar-refractivity contribution in [2.24, 2.45) is 5.73 Å². The number of carbonyl (C=O) groups is 3. The minimum Gasteiger partial charge on any atom is -0.496 e. The number of nitro benzene ring substituents is 1. The molecule has 0 fully saturated rings. The third-order valence-electron chi connectivity index (χ3n) is 3.93. The van der Waals surface area contributed by atoms with E-state index in [9.17, 15) is 24.5 Å². The van der Waals surface area contributed by atoms with Crippen LogP contribution < -0.4 is 20.5 Å². The smallest absolute Gasteiger partial charge is 0.308 e. The average molecular weight is 401 g/mol. The third kappa shape index (κ3) is 5.76. The second-order valence-electron chi connectivity index (χ2n) is 6.00. The monoisotopic (exact) mass is 401 g/mol. The number of nitrogens with two attached hydrogens (primary N) is 1. The van der Waals surface area contributed by atoms with Gasteiger partial charge in [0.15, 0.2) is 0 Å². The zero-order valence-electron chi connectivity index (χ0n) is 15.7. The van der Waals surface area contributed by atoms with E-state index in [0.717, 1.165) is 0 Å². The fraction of sp³-hybridized carbons (Fsp3) is 0.211. The molecule has 0 bridgehead atoms. The number of nitro groups is 1. The van der Waals surface area contributed by atoms with Crippen molar-refractivity contribution in [3.63, 3.8) is 0 Å². The quantitative estimate of drug-likeness (QED) is 0.293. The largest absolute Gasteiger partial charge is 0.496 e. The molecule has 0 aromatic heterocycles. The van der Waals surface area contributed by atoms with Gasteiger partial charge in [-0.1, -0.05) is 0 Å². The molecule has 0 aliphatic rings. The molecule has 0 saturated heterocycles. The number of nitrogens with zero attached hydrogens (tertiary/aromatic N) is 1. The lowest BCUT2D eigenvalue weighted by molar-refractivity contribution is -0.384. The average Bonchev–Trinajstić information content (AvgIpc) is 2.67. The first-order valence-corrected chi connectivity index (χ1v) is 8.41. The first-order chi connectivity index (χ1) is 13.7. The number of hydrogen-bond acceptors (Lipinski definition) is 7. The van der Waals surface area contributed by atoms with Crippen LogP contribution in [0.25, 0.3) is 0 Å². The fourth-order valence-electron chi connectivity index (χ4n) is 2.56. The summed E-state index contributed by atoms with van der Waals surface area (Å²) in [5, 5.41) is 13.5. The molecule has 2 amide bonds. The predicted octanol–water partition coefficient (Wildman–Crippen LogP) is 1.36. The van der Waals surface area contributed by atoms with Crippen LogP contribution in [0.5, 0.6) is 11.5 Å². The molecule has 0 spiro atoms. The van der Waals surface area contributed by atoms with E-state index in [2.05, 4.69) is 5.32 Å². The zero-order valence-corrected chi connectivity index (χ0v) is 15.7. The molecule has 2 aromatic carbocycles. The van der Waals surface area contributed by atoms with Crippen LogP contribution in [0.4, 0.5) is 5.69 Å². The summed E-state index contributed by atoms with van der Waals surface area (Å²) in [5.74, 6) is -1.32. The Morgan fingerprint density at radius 1 is 1.17 bits per heavy atom. The van der Waals surface area contributed by atoms with Gasteiger partial charge in [-0.3, -0.25) is 24.5 Å². The number of amides is 2. The van der Waals surface area contributed by atoms with Crippen molar-refractivity contribution in [3.8, 4) is 11.5 Å². The number of ether oxygens (including phenoxy) is 2. The van der Waals surface area contributed by atoms with E-state index in [1.165, 1.54) is 56.5 Å². The van der Waals surface area contributed by atoms with Crippen LogP contribution in [-0.4, -0.2) is 35.9 Å². The molecular weight excluding hydrogens is 382 g/mol. The molecule has 3 N–H and O–H groups in total. The number of methoxy groups -OCH3 is 1. The van der Waals surface area contributed by atoms with Crippen LogP contribution in [0, 0.1) is 10.1 Å². The Labute approximate surface area is 165 Å². The number of primary amides is 1. The van der Waals surface area contributed by atoms with Gasteiger partial charge in [0, 0.05) is 36.6 Å². The van der Waals surface area contributed by atoms with E-state index in [1.54, 1.807) is 0 Å². The lowest BCUT2D eigenvalue weighted by Gasteiger charge is -2.17. The SMILES string of the molecule is COc1ccc([N+](=O)[O-])cc1C[C@@H](NC(=O)c1ccc(OC(C)=O)cc1)C(N)=O. The Kier molecular flexibility index (Phi) is 6.85. The Bertz CT molecular complexity index is 941. The summed E-state index contributed by atoms with van der Waals surface area (Å²) in [6.45, 7) is 1.25. The maximum atomic E-state index is 12.4. The molecule has 1 atom stereocenters. The summed E-state index contributed by atoms with van der Waals surface area (Å²) in [6.07, 6.45) is -0.0997. The summed E-state index contributed by atoms with van der Waals surface area (Å²) in [6, 6.07) is 8.49. The van der Waals surface area contributed by atoms with Gasteiger partial charge in [0.05, 0.1) is 12.0 Å². The molecule has 0 aliphatic carbocycles. The number of hydrogen-bond donors (Lipinski definition) is 2. The summed E-state index contributed by atoms with van der Waals surface area (Å²) in [7, 11) is 1.38. The van der Waals surface area contributed by atoms with Crippen LogP contribution >= 0.6 is 0 Å². The maximum Gasteiger partial charge on any atom is 0.308 e. The van der Waals surface area contributed by atoms with Gasteiger partial charge in [-0.2, -0.15) is 0 Å². The van der Waals surface area contributed by atoms with Crippen molar-refractivity contribution in [2.45, 2.75) is 19.4 Å². The minimum absolute atomic E-state index is 0.0997. The highest BCUT2D eigenvalue weighted by molar-refractivity contribution is 5.97. The van der Waals surface area contributed by atoms with E-state index < -0.39 is 28.7 Å². The Morgan fingerprint density at radius 2 is 1.83 bits per heavy atom. The number of benzene rings is 2. The topological polar surface area (TPSA) is 151 Å². The van der Waals surface area contributed by atoms with E-state index in [1.807, 2.05) is 0 Å². The predicted molar refractivity (Wildman–Crippen MR) is 102 cm³/mol. The van der Waals surface area contributed by atoms with Gasteiger partial charge in [0.2, 0.25) is 5.91 Å². The molecular formula is C19H19N3O7. The van der Waals surface area contributed by atoms with Gasteiger partial charge >= 0.3 is 5.97 Å². The van der Waals surface area contributed by atoms with E-state index >= 15 is 0 Å². The highest BCUT2D eigenvalue weighted by Gasteiger charge is 2.23. The molecule has 2 aromatic rings. The third-order valence-corrected chi connectivity index (χ3v) is 3.93. The van der Waals surface area contributed by atoms with Crippen molar-refractivity contribution in [3.05, 3.63) is 63.7 Å². The molecule has 29 heavy (non-hydrogen) atoms. The van der Waals surface area contributed by atoms with Crippen molar-refractivity contribution >= 4 is 23.5 Å². The van der Waals surface area contributed by atoms with Crippen LogP contribution in [0.3, 0.4) is 0 Å². The number of rotatable bonds is 8. The summed E-state index contributed by atoms with van der Waals surface area (Å²) < 4.78 is 10.1. The zero-order chi connectivity index (χ0) is 21.6. The molecule has 0 radical (unpaired) electrons. The Morgan fingerprint density at radius 3 is 2.34 bits per heavy atom. The first-order valence-electron chi connectivity index (χ1n) is 8.41. The van der Waals surface area contributed by atoms with Crippen molar-refractivity contribution in [1.29, 1.82) is 0 Å². The maximum absolute atomic E-state index is 12.4. The molecule has 0 unspecified atom stereocenters. The summed E-state index contributed by atoms with van der Waals surface area (Å²) in [5.41, 5.74) is 5.76. The molecule has 0 saturated carbocycles. The molecule has 10 nitrogen and oxygen atoms in total. The van der Waals surface area contributed by atoms with Gasteiger partial charge in [0.25, 0.3) is 11.6 Å². The minimum atomic E-state index is -1.13. The van der Waals surface area contributed by atoms with Crippen LogP contribution in [0.1, 0.15) is 22.8 Å². The normalized spacial score (nSPS) is 11.2. The van der Waals surface area contributed by atoms with Crippen LogP contribution in [-0.2, 0) is 16.0 Å². The number of non-ortho nitro benzene ring substituents is 1. The number of carbonyl (C=O) groups excluding carboxylic acids is 3. The van der Waals surface area contributed by atoms with Gasteiger partial charge in [-0.15, -0.1) is 0 Å². The molecule has 0 aliphatic heterocycles. The second kappa shape index (κ2) is 9.31. The van der Waals surface area contributed by atoms with Crippen molar-refractivity contribution < 1.29 is 28.8 Å². The van der Waals surface area contributed by atoms with E-state index in [-0.39, 0.29) is 23.4 Å². The van der Waals surface area contributed by atoms with E-state index in [0.29, 0.717) is 11.3 Å². The van der Waals surface area contributed by atoms with Crippen molar-refractivity contribution in [2.75, 3.05) is 7.11 Å². The standard InChI is InChI=1S/C19H19N3O7/c1-11(23)29-15-6-3-12(4-7-15)19(25)21-16(18(20)24)10-13-9-14(22(26)27)5-8-17(13)28-2/h3-9,16H,10H2,1-2H3,(H2,20,24)(H,21,25)/t16-/m1/s1. The Hall–Kier alpha value is -3.95. The number of nitrogens with one attached hydrogen (secondary N) is 1. The van der Waals surface area contributed by atoms with Crippen LogP contribution in [0.15, 0.2) is 42.5 Å². The lowest BCUT2D eigenvalue weighted by atomic mass is 10.0.